The molecule has 0 aromatic heterocycles. The molecular formula is C15H11ClFNO2. The van der Waals surface area contributed by atoms with Crippen molar-refractivity contribution in [2.75, 3.05) is 0 Å². The lowest BCUT2D eigenvalue weighted by molar-refractivity contribution is 0.276. The van der Waals surface area contributed by atoms with Crippen LogP contribution in [-0.2, 0) is 13.2 Å². The van der Waals surface area contributed by atoms with Gasteiger partial charge in [0, 0.05) is 10.6 Å². The average Bonchev–Trinajstić information content (AvgIpc) is 2.46. The van der Waals surface area contributed by atoms with Crippen molar-refractivity contribution in [2.24, 2.45) is 0 Å². The summed E-state index contributed by atoms with van der Waals surface area (Å²) in [6.45, 7) is -0.126. The molecule has 0 heterocycles. The fraction of sp³-hybridized carbons (Fsp3) is 0.133. The second kappa shape index (κ2) is 6.38. The Morgan fingerprint density at radius 2 is 2.05 bits per heavy atom. The Bertz CT molecular complexity index is 667. The highest BCUT2D eigenvalue weighted by Gasteiger charge is 2.07. The smallest absolute Gasteiger partial charge is 0.165 e. The van der Waals surface area contributed by atoms with E-state index in [1.165, 1.54) is 18.2 Å². The van der Waals surface area contributed by atoms with E-state index in [-0.39, 0.29) is 19.0 Å². The van der Waals surface area contributed by atoms with Crippen LogP contribution >= 0.6 is 11.6 Å². The molecule has 0 spiro atoms. The van der Waals surface area contributed by atoms with Crippen LogP contribution in [0.2, 0.25) is 5.02 Å². The largest absolute Gasteiger partial charge is 0.486 e. The number of aliphatic hydroxyl groups is 1. The predicted molar refractivity (Wildman–Crippen MR) is 72.8 cm³/mol. The summed E-state index contributed by atoms with van der Waals surface area (Å²) < 4.78 is 19.0. The summed E-state index contributed by atoms with van der Waals surface area (Å²) >= 11 is 6.00. The van der Waals surface area contributed by atoms with E-state index in [1.807, 2.05) is 6.07 Å². The van der Waals surface area contributed by atoms with Gasteiger partial charge in [0.1, 0.15) is 6.61 Å². The molecule has 0 unspecified atom stereocenters. The SMILES string of the molecule is N#Cc1ccc(COc2ccc(CO)cc2F)c(Cl)c1. The summed E-state index contributed by atoms with van der Waals surface area (Å²) in [5, 5.41) is 18.0. The van der Waals surface area contributed by atoms with E-state index in [9.17, 15) is 4.39 Å². The van der Waals surface area contributed by atoms with Crippen LogP contribution in [0.4, 0.5) is 4.39 Å². The van der Waals surface area contributed by atoms with Gasteiger partial charge in [0.15, 0.2) is 11.6 Å². The lowest BCUT2D eigenvalue weighted by atomic mass is 10.1. The molecule has 0 bridgehead atoms. The summed E-state index contributed by atoms with van der Waals surface area (Å²) in [5.74, 6) is -0.455. The zero-order valence-electron chi connectivity index (χ0n) is 10.4. The number of halogens is 2. The highest BCUT2D eigenvalue weighted by atomic mass is 35.5. The number of rotatable bonds is 4. The molecule has 20 heavy (non-hydrogen) atoms. The molecule has 0 aliphatic heterocycles. The van der Waals surface area contributed by atoms with Crippen LogP contribution in [0.3, 0.4) is 0 Å². The van der Waals surface area contributed by atoms with Crippen LogP contribution in [0.25, 0.3) is 0 Å². The molecule has 0 radical (unpaired) electrons. The molecule has 0 saturated carbocycles. The first-order chi connectivity index (χ1) is 9.63. The number of benzene rings is 2. The minimum absolute atomic E-state index is 0.0858. The van der Waals surface area contributed by atoms with Crippen molar-refractivity contribution in [1.29, 1.82) is 5.26 Å². The number of ether oxygens (including phenoxy) is 1. The highest BCUT2D eigenvalue weighted by molar-refractivity contribution is 6.31. The van der Waals surface area contributed by atoms with Gasteiger partial charge in [0.2, 0.25) is 0 Å². The van der Waals surface area contributed by atoms with Crippen LogP contribution in [-0.4, -0.2) is 5.11 Å². The van der Waals surface area contributed by atoms with E-state index in [0.717, 1.165) is 0 Å². The van der Waals surface area contributed by atoms with Crippen molar-refractivity contribution < 1.29 is 14.2 Å². The second-order valence-corrected chi connectivity index (χ2v) is 4.54. The Hall–Kier alpha value is -2.09. The van der Waals surface area contributed by atoms with Gasteiger partial charge in [-0.05, 0) is 29.8 Å². The minimum Gasteiger partial charge on any atom is -0.486 e. The Labute approximate surface area is 120 Å². The fourth-order valence-corrected chi connectivity index (χ4v) is 1.88. The molecule has 0 fully saturated rings. The molecule has 1 N–H and O–H groups in total. The number of hydrogen-bond acceptors (Lipinski definition) is 3. The van der Waals surface area contributed by atoms with E-state index in [1.54, 1.807) is 18.2 Å². The van der Waals surface area contributed by atoms with Crippen molar-refractivity contribution in [3.8, 4) is 11.8 Å². The fourth-order valence-electron chi connectivity index (χ4n) is 1.65. The van der Waals surface area contributed by atoms with Crippen molar-refractivity contribution in [1.82, 2.24) is 0 Å². The van der Waals surface area contributed by atoms with Gasteiger partial charge in [-0.2, -0.15) is 5.26 Å². The Morgan fingerprint density at radius 3 is 2.65 bits per heavy atom. The molecule has 3 nitrogen and oxygen atoms in total. The molecule has 5 heteroatoms. The summed E-state index contributed by atoms with van der Waals surface area (Å²) in [6, 6.07) is 11.1. The average molecular weight is 292 g/mol. The Kier molecular flexibility index (Phi) is 4.57. The van der Waals surface area contributed by atoms with Gasteiger partial charge < -0.3 is 9.84 Å². The number of aliphatic hydroxyl groups excluding tert-OH is 1. The van der Waals surface area contributed by atoms with Gasteiger partial charge in [-0.3, -0.25) is 0 Å². The van der Waals surface area contributed by atoms with Gasteiger partial charge in [-0.25, -0.2) is 4.39 Å². The Morgan fingerprint density at radius 1 is 1.25 bits per heavy atom. The van der Waals surface area contributed by atoms with Crippen LogP contribution in [0, 0.1) is 17.1 Å². The van der Waals surface area contributed by atoms with Crippen molar-refractivity contribution in [3.63, 3.8) is 0 Å². The summed E-state index contributed by atoms with van der Waals surface area (Å²) in [5.41, 5.74) is 1.60. The molecule has 102 valence electrons. The van der Waals surface area contributed by atoms with E-state index in [4.69, 9.17) is 26.7 Å². The van der Waals surface area contributed by atoms with Crippen molar-refractivity contribution in [3.05, 3.63) is 63.9 Å². The minimum atomic E-state index is -0.540. The van der Waals surface area contributed by atoms with Crippen LogP contribution in [0.15, 0.2) is 36.4 Å². The maximum Gasteiger partial charge on any atom is 0.165 e. The predicted octanol–water partition coefficient (Wildman–Crippen LogP) is 3.42. The zero-order valence-corrected chi connectivity index (χ0v) is 11.2. The molecule has 0 aliphatic rings. The van der Waals surface area contributed by atoms with E-state index >= 15 is 0 Å². The molecule has 2 aromatic carbocycles. The molecule has 0 atom stereocenters. The monoisotopic (exact) mass is 291 g/mol. The van der Waals surface area contributed by atoms with Gasteiger partial charge in [-0.1, -0.05) is 23.7 Å². The highest BCUT2D eigenvalue weighted by Crippen LogP contribution is 2.23. The summed E-state index contributed by atoms with van der Waals surface area (Å²) in [4.78, 5) is 0. The third-order valence-corrected chi connectivity index (χ3v) is 3.10. The van der Waals surface area contributed by atoms with Gasteiger partial charge >= 0.3 is 0 Å². The molecule has 2 aromatic rings. The van der Waals surface area contributed by atoms with E-state index in [2.05, 4.69) is 0 Å². The summed E-state index contributed by atoms with van der Waals surface area (Å²) in [6.07, 6.45) is 0. The second-order valence-electron chi connectivity index (χ2n) is 4.13. The maximum atomic E-state index is 13.6. The van der Waals surface area contributed by atoms with Gasteiger partial charge in [0.25, 0.3) is 0 Å². The topological polar surface area (TPSA) is 53.2 Å². The third-order valence-electron chi connectivity index (χ3n) is 2.74. The van der Waals surface area contributed by atoms with Gasteiger partial charge in [0.05, 0.1) is 18.2 Å². The lowest BCUT2D eigenvalue weighted by Crippen LogP contribution is -1.99. The Balaban J connectivity index is 2.11. The third kappa shape index (κ3) is 3.27. The van der Waals surface area contributed by atoms with Crippen LogP contribution in [0.1, 0.15) is 16.7 Å². The van der Waals surface area contributed by atoms with Crippen molar-refractivity contribution in [2.45, 2.75) is 13.2 Å². The van der Waals surface area contributed by atoms with Crippen LogP contribution < -0.4 is 4.74 Å². The number of nitrogens with zero attached hydrogens (tertiary/aromatic N) is 1. The molecule has 2 rings (SSSR count). The van der Waals surface area contributed by atoms with Gasteiger partial charge in [-0.15, -0.1) is 0 Å². The molecule has 0 saturated heterocycles. The molecule has 0 amide bonds. The number of nitriles is 1. The normalized spacial score (nSPS) is 10.1. The number of hydrogen-bond donors (Lipinski definition) is 1. The van der Waals surface area contributed by atoms with Crippen molar-refractivity contribution >= 4 is 11.6 Å². The molecule has 0 aliphatic carbocycles. The van der Waals surface area contributed by atoms with Crippen LogP contribution in [0.5, 0.6) is 5.75 Å². The first-order valence-electron chi connectivity index (χ1n) is 5.84. The standard InChI is InChI=1S/C15H11ClFNO2/c16-13-5-10(7-18)1-3-12(13)9-20-15-4-2-11(8-19)6-14(15)17/h1-6,19H,8-9H2. The maximum absolute atomic E-state index is 13.6. The lowest BCUT2D eigenvalue weighted by Gasteiger charge is -2.09. The summed E-state index contributed by atoms with van der Waals surface area (Å²) in [7, 11) is 0. The zero-order chi connectivity index (χ0) is 14.5. The quantitative estimate of drug-likeness (QED) is 0.939. The first-order valence-corrected chi connectivity index (χ1v) is 6.22. The van der Waals surface area contributed by atoms with E-state index < -0.39 is 5.82 Å². The molecular weight excluding hydrogens is 281 g/mol. The van der Waals surface area contributed by atoms with E-state index in [0.29, 0.717) is 21.7 Å². The first kappa shape index (κ1) is 14.3.